The minimum atomic E-state index is -0.801. The summed E-state index contributed by atoms with van der Waals surface area (Å²) >= 11 is 0. The highest BCUT2D eigenvalue weighted by Gasteiger charge is 2.74. The Kier molecular flexibility index (Phi) is 5.07. The summed E-state index contributed by atoms with van der Waals surface area (Å²) < 4.78 is 6.09. The summed E-state index contributed by atoms with van der Waals surface area (Å²) in [6, 6.07) is 17.4. The summed E-state index contributed by atoms with van der Waals surface area (Å²) in [5.74, 6) is 0.765. The van der Waals surface area contributed by atoms with E-state index in [-0.39, 0.29) is 0 Å². The van der Waals surface area contributed by atoms with Crippen LogP contribution in [0.3, 0.4) is 0 Å². The number of ether oxygens (including phenoxy) is 1. The van der Waals surface area contributed by atoms with Gasteiger partial charge < -0.3 is 14.7 Å². The van der Waals surface area contributed by atoms with E-state index in [4.69, 9.17) is 9.57 Å². The van der Waals surface area contributed by atoms with E-state index in [0.29, 0.717) is 18.9 Å². The SMILES string of the molecule is CC1(C)C(C(=O)O)C1(/C=N/OCC1CC1)Cc1ccccc1Oc1ccccc1. The van der Waals surface area contributed by atoms with Crippen molar-refractivity contribution < 1.29 is 19.5 Å². The van der Waals surface area contributed by atoms with E-state index >= 15 is 0 Å². The average molecular weight is 393 g/mol. The number of oxime groups is 1. The van der Waals surface area contributed by atoms with E-state index in [1.54, 1.807) is 6.21 Å². The predicted octanol–water partition coefficient (Wildman–Crippen LogP) is 5.16. The molecule has 2 fully saturated rings. The van der Waals surface area contributed by atoms with Gasteiger partial charge in [0.15, 0.2) is 0 Å². The smallest absolute Gasteiger partial charge is 0.308 e. The molecule has 4 rings (SSSR count). The zero-order chi connectivity index (χ0) is 20.5. The third-order valence-corrected chi connectivity index (χ3v) is 6.39. The highest BCUT2D eigenvalue weighted by molar-refractivity contribution is 5.88. The molecule has 0 bridgehead atoms. The summed E-state index contributed by atoms with van der Waals surface area (Å²) in [6.07, 6.45) is 4.63. The van der Waals surface area contributed by atoms with E-state index in [1.807, 2.05) is 68.4 Å². The van der Waals surface area contributed by atoms with E-state index < -0.39 is 22.7 Å². The van der Waals surface area contributed by atoms with Gasteiger partial charge in [-0.15, -0.1) is 0 Å². The molecule has 0 amide bonds. The van der Waals surface area contributed by atoms with Crippen LogP contribution in [0.5, 0.6) is 11.5 Å². The molecule has 2 aliphatic rings. The largest absolute Gasteiger partial charge is 0.481 e. The van der Waals surface area contributed by atoms with Gasteiger partial charge in [0.2, 0.25) is 0 Å². The summed E-state index contributed by atoms with van der Waals surface area (Å²) in [6.45, 7) is 4.58. The first kappa shape index (κ1) is 19.5. The van der Waals surface area contributed by atoms with Crippen molar-refractivity contribution in [3.63, 3.8) is 0 Å². The van der Waals surface area contributed by atoms with Crippen LogP contribution in [-0.4, -0.2) is 23.9 Å². The second kappa shape index (κ2) is 7.54. The maximum Gasteiger partial charge on any atom is 0.308 e. The molecule has 5 heteroatoms. The first-order valence-corrected chi connectivity index (χ1v) is 10.1. The zero-order valence-corrected chi connectivity index (χ0v) is 16.9. The molecule has 29 heavy (non-hydrogen) atoms. The van der Waals surface area contributed by atoms with Gasteiger partial charge in [0, 0.05) is 5.41 Å². The molecule has 2 aromatic carbocycles. The van der Waals surface area contributed by atoms with Crippen LogP contribution in [0, 0.1) is 22.7 Å². The van der Waals surface area contributed by atoms with Gasteiger partial charge >= 0.3 is 5.97 Å². The lowest BCUT2D eigenvalue weighted by Gasteiger charge is -2.18. The van der Waals surface area contributed by atoms with Crippen LogP contribution in [-0.2, 0) is 16.1 Å². The Morgan fingerprint density at radius 1 is 1.14 bits per heavy atom. The van der Waals surface area contributed by atoms with E-state index in [9.17, 15) is 9.90 Å². The van der Waals surface area contributed by atoms with Crippen molar-refractivity contribution in [1.82, 2.24) is 0 Å². The van der Waals surface area contributed by atoms with Gasteiger partial charge in [0.25, 0.3) is 0 Å². The van der Waals surface area contributed by atoms with Crippen molar-refractivity contribution in [3.05, 3.63) is 60.2 Å². The van der Waals surface area contributed by atoms with E-state index in [2.05, 4.69) is 5.16 Å². The van der Waals surface area contributed by atoms with Crippen LogP contribution in [0.4, 0.5) is 0 Å². The van der Waals surface area contributed by atoms with Crippen molar-refractivity contribution in [2.75, 3.05) is 6.61 Å². The Hall–Kier alpha value is -2.82. The molecule has 5 nitrogen and oxygen atoms in total. The fourth-order valence-electron chi connectivity index (χ4n) is 4.28. The molecule has 1 N–H and O–H groups in total. The van der Waals surface area contributed by atoms with Crippen LogP contribution in [0.25, 0.3) is 0 Å². The molecule has 152 valence electrons. The number of rotatable bonds is 9. The maximum absolute atomic E-state index is 12.0. The highest BCUT2D eigenvalue weighted by Crippen LogP contribution is 2.69. The monoisotopic (exact) mass is 393 g/mol. The number of aliphatic carboxylic acids is 1. The van der Waals surface area contributed by atoms with Crippen LogP contribution in [0.1, 0.15) is 32.3 Å². The molecule has 2 unspecified atom stereocenters. The first-order valence-electron chi connectivity index (χ1n) is 10.1. The number of nitrogens with zero attached hydrogens (tertiary/aromatic N) is 1. The Morgan fingerprint density at radius 3 is 2.48 bits per heavy atom. The van der Waals surface area contributed by atoms with Crippen molar-refractivity contribution >= 4 is 12.2 Å². The topological polar surface area (TPSA) is 68.1 Å². The van der Waals surface area contributed by atoms with E-state index in [0.717, 1.165) is 17.1 Å². The fourth-order valence-corrected chi connectivity index (χ4v) is 4.28. The molecule has 0 heterocycles. The Bertz CT molecular complexity index is 904. The van der Waals surface area contributed by atoms with Crippen molar-refractivity contribution in [1.29, 1.82) is 0 Å². The van der Waals surface area contributed by atoms with E-state index in [1.165, 1.54) is 12.8 Å². The summed E-state index contributed by atoms with van der Waals surface area (Å²) in [4.78, 5) is 17.4. The molecule has 2 aromatic rings. The Balaban J connectivity index is 1.59. The normalized spacial score (nSPS) is 25.0. The number of carboxylic acid groups (broad SMARTS) is 1. The van der Waals surface area contributed by atoms with Crippen LogP contribution >= 0.6 is 0 Å². The molecule has 2 saturated carbocycles. The first-order chi connectivity index (χ1) is 13.9. The minimum absolute atomic E-state index is 0.425. The van der Waals surface area contributed by atoms with Crippen molar-refractivity contribution in [2.45, 2.75) is 33.1 Å². The molecule has 0 spiro atoms. The molecular weight excluding hydrogens is 366 g/mol. The third-order valence-electron chi connectivity index (χ3n) is 6.39. The second-order valence-electron chi connectivity index (χ2n) is 8.71. The number of hydrogen-bond acceptors (Lipinski definition) is 4. The van der Waals surface area contributed by atoms with Gasteiger partial charge in [-0.05, 0) is 54.4 Å². The minimum Gasteiger partial charge on any atom is -0.481 e. The van der Waals surface area contributed by atoms with Gasteiger partial charge in [0.05, 0.1) is 12.1 Å². The van der Waals surface area contributed by atoms with Gasteiger partial charge in [-0.2, -0.15) is 0 Å². The van der Waals surface area contributed by atoms with Crippen LogP contribution < -0.4 is 4.74 Å². The maximum atomic E-state index is 12.0. The molecular formula is C24H27NO4. The molecule has 0 radical (unpaired) electrons. The highest BCUT2D eigenvalue weighted by atomic mass is 16.6. The quantitative estimate of drug-likeness (QED) is 0.472. The average Bonchev–Trinajstić information content (AvgIpc) is 3.58. The molecule has 0 aromatic heterocycles. The molecule has 2 atom stereocenters. The van der Waals surface area contributed by atoms with Crippen LogP contribution in [0.15, 0.2) is 59.8 Å². The van der Waals surface area contributed by atoms with Gasteiger partial charge in [-0.3, -0.25) is 4.79 Å². The Morgan fingerprint density at radius 2 is 1.83 bits per heavy atom. The number of carbonyl (C=O) groups is 1. The molecule has 2 aliphatic carbocycles. The number of benzene rings is 2. The standard InChI is InChI=1S/C24H27NO4/c1-23(2)21(22(26)27)24(23,16-25-28-15-17-12-13-17)14-18-8-6-7-11-20(18)29-19-9-4-3-5-10-19/h3-11,16-17,21H,12-15H2,1-2H3,(H,26,27)/b25-16+. The lowest BCUT2D eigenvalue weighted by Crippen LogP contribution is -2.18. The fraction of sp³-hybridized carbons (Fsp3) is 0.417. The summed E-state index contributed by atoms with van der Waals surface area (Å²) in [5, 5.41) is 14.0. The van der Waals surface area contributed by atoms with Gasteiger partial charge in [-0.25, -0.2) is 0 Å². The predicted molar refractivity (Wildman–Crippen MR) is 111 cm³/mol. The lowest BCUT2D eigenvalue weighted by molar-refractivity contribution is -0.139. The summed E-state index contributed by atoms with van der Waals surface area (Å²) in [7, 11) is 0. The third kappa shape index (κ3) is 3.86. The van der Waals surface area contributed by atoms with Gasteiger partial charge in [0.1, 0.15) is 18.1 Å². The van der Waals surface area contributed by atoms with Crippen molar-refractivity contribution in [3.8, 4) is 11.5 Å². The number of para-hydroxylation sites is 2. The Labute approximate surface area is 171 Å². The lowest BCUT2D eigenvalue weighted by atomic mass is 9.89. The zero-order valence-electron chi connectivity index (χ0n) is 16.9. The molecule has 0 aliphatic heterocycles. The van der Waals surface area contributed by atoms with Gasteiger partial charge in [-0.1, -0.05) is 55.4 Å². The van der Waals surface area contributed by atoms with Crippen molar-refractivity contribution in [2.24, 2.45) is 27.8 Å². The molecule has 0 saturated heterocycles. The summed E-state index contributed by atoms with van der Waals surface area (Å²) in [5.41, 5.74) is -0.0780. The van der Waals surface area contributed by atoms with Crippen LogP contribution in [0.2, 0.25) is 0 Å². The number of carboxylic acids is 1. The number of hydrogen-bond donors (Lipinski definition) is 1. The second-order valence-corrected chi connectivity index (χ2v) is 8.71.